The molecule has 450 valence electrons. The molecule has 4 atom stereocenters. The summed E-state index contributed by atoms with van der Waals surface area (Å²) < 4.78 is 61.0. The summed E-state index contributed by atoms with van der Waals surface area (Å²) in [5, 5.41) is 0. The molecule has 0 spiro atoms. The number of phosphoric ester groups is 2. The number of hydrogen-bond acceptors (Lipinski definition) is 13. The predicted molar refractivity (Wildman–Crippen MR) is 307 cm³/mol. The summed E-state index contributed by atoms with van der Waals surface area (Å²) in [7, 11) is -3.30. The van der Waals surface area contributed by atoms with Crippen molar-refractivity contribution in [2.24, 2.45) is 5.41 Å². The van der Waals surface area contributed by atoms with Crippen LogP contribution in [0, 0.1) is 5.41 Å². The monoisotopic (exact) mass is 1190 g/mol. The van der Waals surface area contributed by atoms with E-state index in [4.69, 9.17) is 32.3 Å². The third-order valence-corrected chi connectivity index (χ3v) is 16.1. The summed E-state index contributed by atoms with van der Waals surface area (Å²) in [6, 6.07) is 0. The van der Waals surface area contributed by atoms with E-state index in [1.54, 1.807) is 20.8 Å². The molecule has 0 fully saturated rings. The molecule has 0 aromatic carbocycles. The van der Waals surface area contributed by atoms with Crippen LogP contribution in [0.2, 0.25) is 0 Å². The molecule has 0 aliphatic heterocycles. The van der Waals surface area contributed by atoms with Gasteiger partial charge in [-0.1, -0.05) is 223 Å². The van der Waals surface area contributed by atoms with Gasteiger partial charge in [0.15, 0.2) is 6.10 Å². The Balaban J connectivity index is 4.93. The first-order valence-corrected chi connectivity index (χ1v) is 33.5. The van der Waals surface area contributed by atoms with Gasteiger partial charge >= 0.3 is 33.6 Å². The molecule has 0 aromatic heterocycles. The van der Waals surface area contributed by atoms with Gasteiger partial charge in [0.05, 0.1) is 41.0 Å². The fourth-order valence-electron chi connectivity index (χ4n) is 8.77. The van der Waals surface area contributed by atoms with E-state index in [0.717, 1.165) is 38.5 Å². The molecule has 0 bridgehead atoms. The quantitative estimate of drug-likeness (QED) is 0.0145. The molecule has 0 heterocycles. The fraction of sp³-hybridized carbons (Fsp3) is 0.930. The molecule has 0 saturated heterocycles. The van der Waals surface area contributed by atoms with E-state index in [1.807, 2.05) is 21.1 Å². The number of carbonyl (C=O) groups is 4. The Labute approximate surface area is 470 Å². The first-order valence-electron chi connectivity index (χ1n) is 29.7. The Morgan fingerprint density at radius 2 is 0.855 bits per heavy atom. The van der Waals surface area contributed by atoms with Gasteiger partial charge in [-0.15, -0.1) is 0 Å². The molecule has 0 amide bonds. The van der Waals surface area contributed by atoms with Crippen molar-refractivity contribution in [3.63, 3.8) is 0 Å². The zero-order valence-electron chi connectivity index (χ0n) is 49.2. The number of carbonyl (C=O) groups excluding carboxylic acids is 4. The van der Waals surface area contributed by atoms with E-state index in [0.29, 0.717) is 23.9 Å². The van der Waals surface area contributed by atoms with Crippen molar-refractivity contribution < 1.29 is 74.9 Å². The largest absolute Gasteiger partial charge is 0.472 e. The predicted octanol–water partition coefficient (Wildman–Crippen LogP) is 15.4. The van der Waals surface area contributed by atoms with Crippen LogP contribution in [0.25, 0.3) is 0 Å². The van der Waals surface area contributed by atoms with Crippen molar-refractivity contribution >= 4 is 55.3 Å². The highest BCUT2D eigenvalue weighted by atomic mass is 79.9. The first-order chi connectivity index (χ1) is 36.0. The van der Waals surface area contributed by atoms with Gasteiger partial charge in [0.25, 0.3) is 0 Å². The van der Waals surface area contributed by atoms with Crippen LogP contribution in [-0.4, -0.2) is 116 Å². The Morgan fingerprint density at radius 1 is 0.474 bits per heavy atom. The molecule has 0 aliphatic carbocycles. The highest BCUT2D eigenvalue weighted by Crippen LogP contribution is 2.44. The Bertz CT molecular complexity index is 1590. The van der Waals surface area contributed by atoms with Crippen molar-refractivity contribution in [2.45, 2.75) is 270 Å². The molecule has 76 heavy (non-hydrogen) atoms. The van der Waals surface area contributed by atoms with E-state index >= 15 is 0 Å². The van der Waals surface area contributed by atoms with E-state index in [9.17, 15) is 38.1 Å². The van der Waals surface area contributed by atoms with Crippen LogP contribution < -0.4 is 0 Å². The van der Waals surface area contributed by atoms with Crippen molar-refractivity contribution in [2.75, 3.05) is 67.3 Å². The highest BCUT2D eigenvalue weighted by Gasteiger charge is 2.41. The standard InChI is InChI=1S/C57H110BrNO15P2/c1-9-11-13-15-17-19-21-23-25-27-29-31-33-35-37-41-53(61)69-48-51(74-54(62)42-38-36-34-32-30-28-26-24-22-20-18-16-14-12-10-2)49-73-76(66,67)70-44-39-40-52(60)56(3,4)50-57(5,58)55(63)68-46-47-72-75(64,65)71-45-43-59(6,7)8/h51H,9-50H2,1-8H3,(H-,64,65,66,67)/p+1. The lowest BCUT2D eigenvalue weighted by Gasteiger charge is -2.31. The van der Waals surface area contributed by atoms with Crippen LogP contribution >= 0.6 is 31.6 Å². The van der Waals surface area contributed by atoms with Crippen molar-refractivity contribution in [1.29, 1.82) is 0 Å². The third kappa shape index (κ3) is 46.5. The van der Waals surface area contributed by atoms with E-state index in [1.165, 1.54) is 141 Å². The van der Waals surface area contributed by atoms with Gasteiger partial charge < -0.3 is 28.5 Å². The number of halogens is 1. The second-order valence-electron chi connectivity index (χ2n) is 22.9. The highest BCUT2D eigenvalue weighted by molar-refractivity contribution is 9.10. The maximum Gasteiger partial charge on any atom is 0.472 e. The molecule has 16 nitrogen and oxygen atoms in total. The Hall–Kier alpha value is -1.26. The van der Waals surface area contributed by atoms with Crippen LogP contribution in [0.4, 0.5) is 0 Å². The van der Waals surface area contributed by atoms with E-state index < -0.39 is 56.0 Å². The lowest BCUT2D eigenvalue weighted by Crippen LogP contribution is -2.39. The smallest absolute Gasteiger partial charge is 0.462 e. The number of unbranched alkanes of at least 4 members (excludes halogenated alkanes) is 28. The minimum Gasteiger partial charge on any atom is -0.462 e. The van der Waals surface area contributed by atoms with Crippen molar-refractivity contribution in [1.82, 2.24) is 0 Å². The summed E-state index contributed by atoms with van der Waals surface area (Å²) >= 11 is 3.37. The van der Waals surface area contributed by atoms with Crippen LogP contribution in [0.3, 0.4) is 0 Å². The molecular weight excluding hydrogens is 1080 g/mol. The number of phosphoric acid groups is 2. The minimum absolute atomic E-state index is 0.00285. The first kappa shape index (κ1) is 74.7. The number of nitrogens with zero attached hydrogens (tertiary/aromatic N) is 1. The van der Waals surface area contributed by atoms with Gasteiger partial charge in [0.2, 0.25) is 0 Å². The van der Waals surface area contributed by atoms with Crippen LogP contribution in [-0.2, 0) is 60.6 Å². The minimum atomic E-state index is -4.69. The number of ketones is 1. The third-order valence-electron chi connectivity index (χ3n) is 13.5. The second-order valence-corrected chi connectivity index (χ2v) is 27.5. The number of hydrogen-bond donors (Lipinski definition) is 2. The number of ether oxygens (including phenoxy) is 3. The molecule has 0 aliphatic rings. The SMILES string of the molecule is CCCCCCCCCCCCCCCCCC(=O)OCC(COP(=O)(O)OCCCC(=O)C(C)(C)CC(C)(Br)C(=O)OCCOP(=O)(O)OCC[N+](C)(C)C)OC(=O)CCCCCCCCCCCCCCCCC. The van der Waals surface area contributed by atoms with Gasteiger partial charge in [-0.3, -0.25) is 37.3 Å². The van der Waals surface area contributed by atoms with Crippen molar-refractivity contribution in [3.05, 3.63) is 0 Å². The lowest BCUT2D eigenvalue weighted by molar-refractivity contribution is -0.870. The normalized spacial score (nSPS) is 14.9. The van der Waals surface area contributed by atoms with Gasteiger partial charge in [-0.2, -0.15) is 0 Å². The molecule has 2 N–H and O–H groups in total. The van der Waals surface area contributed by atoms with E-state index in [2.05, 4.69) is 29.8 Å². The summed E-state index contributed by atoms with van der Waals surface area (Å²) in [6.07, 6.45) is 35.5. The maximum atomic E-state index is 13.3. The van der Waals surface area contributed by atoms with Gasteiger partial charge in [-0.05, 0) is 32.6 Å². The van der Waals surface area contributed by atoms with Gasteiger partial charge in [-0.25, -0.2) is 9.13 Å². The number of quaternary nitrogens is 1. The van der Waals surface area contributed by atoms with Crippen LogP contribution in [0.15, 0.2) is 0 Å². The molecule has 0 rings (SSSR count). The Morgan fingerprint density at radius 3 is 1.29 bits per heavy atom. The van der Waals surface area contributed by atoms with Crippen molar-refractivity contribution in [3.8, 4) is 0 Å². The number of likely N-dealkylation sites (N-methyl/N-ethyl adjacent to an activating group) is 1. The van der Waals surface area contributed by atoms with Gasteiger partial charge in [0, 0.05) is 24.7 Å². The lowest BCUT2D eigenvalue weighted by atomic mass is 9.78. The van der Waals surface area contributed by atoms with E-state index in [-0.39, 0.29) is 70.9 Å². The molecule has 4 unspecified atom stereocenters. The zero-order chi connectivity index (χ0) is 57.0. The van der Waals surface area contributed by atoms with Crippen LogP contribution in [0.5, 0.6) is 0 Å². The number of Topliss-reactive ketones (excluding diaryl/α,β-unsaturated/α-hetero) is 1. The van der Waals surface area contributed by atoms with Crippen LogP contribution in [0.1, 0.15) is 259 Å². The summed E-state index contributed by atoms with van der Waals surface area (Å²) in [4.78, 5) is 72.3. The summed E-state index contributed by atoms with van der Waals surface area (Å²) in [5.41, 5.74) is -1.04. The molecule has 0 radical (unpaired) electrons. The number of rotatable bonds is 55. The molecule has 0 aromatic rings. The molecule has 19 heteroatoms. The number of alkyl halides is 1. The molecule has 0 saturated carbocycles. The average Bonchev–Trinajstić information content (AvgIpc) is 3.34. The summed E-state index contributed by atoms with van der Waals surface area (Å²) in [5.74, 6) is -1.90. The van der Waals surface area contributed by atoms with Gasteiger partial charge in [0.1, 0.15) is 36.5 Å². The molecular formula is C57H111BrNO15P2+. The average molecular weight is 1190 g/mol. The maximum absolute atomic E-state index is 13.3. The number of esters is 3. The topological polar surface area (TPSA) is 207 Å². The fourth-order valence-corrected chi connectivity index (χ4v) is 11.1. The Kier molecular flexibility index (Phi) is 44.6. The second kappa shape index (κ2) is 45.4. The summed E-state index contributed by atoms with van der Waals surface area (Å²) in [6.45, 7) is 7.94. The zero-order valence-corrected chi connectivity index (χ0v) is 52.6.